The van der Waals surface area contributed by atoms with Gasteiger partial charge in [0.1, 0.15) is 0 Å². The van der Waals surface area contributed by atoms with Crippen LogP contribution in [0.1, 0.15) is 18.3 Å². The lowest BCUT2D eigenvalue weighted by Crippen LogP contribution is -2.37. The number of aryl methyl sites for hydroxylation is 1. The third-order valence-corrected chi connectivity index (χ3v) is 4.56. The molecule has 134 valence electrons. The molecule has 24 heavy (non-hydrogen) atoms. The van der Waals surface area contributed by atoms with Crippen molar-refractivity contribution in [2.45, 2.75) is 24.5 Å². The third-order valence-electron chi connectivity index (χ3n) is 2.86. The molecule has 1 atom stereocenters. The minimum absolute atomic E-state index is 0.124. The van der Waals surface area contributed by atoms with Gasteiger partial charge in [-0.05, 0) is 13.0 Å². The molecule has 14 heteroatoms. The van der Waals surface area contributed by atoms with E-state index in [0.29, 0.717) is 0 Å². The van der Waals surface area contributed by atoms with Crippen LogP contribution in [0.4, 0.5) is 26.3 Å². The van der Waals surface area contributed by atoms with Gasteiger partial charge in [-0.1, -0.05) is 5.16 Å². The molecule has 2 heterocycles. The Kier molecular flexibility index (Phi) is 4.14. The van der Waals surface area contributed by atoms with Crippen molar-refractivity contribution in [2.75, 3.05) is 0 Å². The molecular formula is C10H8F6N4O3S. The Morgan fingerprint density at radius 2 is 1.71 bits per heavy atom. The molecule has 0 radical (unpaired) electrons. The molecule has 0 spiro atoms. The van der Waals surface area contributed by atoms with Gasteiger partial charge in [-0.2, -0.15) is 31.8 Å². The Bertz CT molecular complexity index is 826. The number of hydrogen-bond donors (Lipinski definition) is 0. The van der Waals surface area contributed by atoms with Crippen LogP contribution in [0.3, 0.4) is 0 Å². The van der Waals surface area contributed by atoms with Gasteiger partial charge in [0, 0.05) is 7.05 Å². The standard InChI is InChI=1S/C10H8F6N4O3S/c1-3-4-5(11)8(19-23-4)24(21,22)10(15,16)7-6(9(12,13)14)17-20(2)18-7/h3,5H,1-2H3/b4-3-. The van der Waals surface area contributed by atoms with Crippen LogP contribution >= 0.6 is 0 Å². The maximum atomic E-state index is 14.3. The van der Waals surface area contributed by atoms with Crippen LogP contribution in [0, 0.1) is 0 Å². The number of nitrogens with zero attached hydrogens (tertiary/aromatic N) is 4. The number of sulfone groups is 1. The molecule has 1 aliphatic rings. The topological polar surface area (TPSA) is 86.4 Å². The molecule has 0 fully saturated rings. The Balaban J connectivity index is 2.60. The lowest BCUT2D eigenvalue weighted by Gasteiger charge is -2.16. The first-order valence-electron chi connectivity index (χ1n) is 6.00. The van der Waals surface area contributed by atoms with Gasteiger partial charge in [0.15, 0.2) is 17.1 Å². The molecule has 1 aromatic rings. The van der Waals surface area contributed by atoms with Crippen molar-refractivity contribution in [2.24, 2.45) is 12.2 Å². The summed E-state index contributed by atoms with van der Waals surface area (Å²) in [6, 6.07) is 0. The fourth-order valence-electron chi connectivity index (χ4n) is 1.75. The highest BCUT2D eigenvalue weighted by molar-refractivity contribution is 8.07. The predicted molar refractivity (Wildman–Crippen MR) is 66.0 cm³/mol. The van der Waals surface area contributed by atoms with Crippen molar-refractivity contribution in [1.29, 1.82) is 0 Å². The van der Waals surface area contributed by atoms with E-state index in [2.05, 4.69) is 20.2 Å². The highest BCUT2D eigenvalue weighted by atomic mass is 32.2. The third kappa shape index (κ3) is 2.63. The molecule has 1 unspecified atom stereocenters. The zero-order valence-electron chi connectivity index (χ0n) is 11.8. The van der Waals surface area contributed by atoms with Gasteiger partial charge in [0.25, 0.3) is 9.84 Å². The number of oxime groups is 1. The van der Waals surface area contributed by atoms with Crippen molar-refractivity contribution < 1.29 is 39.6 Å². The molecule has 1 aromatic heterocycles. The fourth-order valence-corrected chi connectivity index (χ4v) is 2.93. The molecule has 0 saturated heterocycles. The first-order chi connectivity index (χ1) is 10.8. The lowest BCUT2D eigenvalue weighted by atomic mass is 10.3. The van der Waals surface area contributed by atoms with Crippen LogP contribution in [0.5, 0.6) is 0 Å². The van der Waals surface area contributed by atoms with Gasteiger partial charge in [0.05, 0.1) is 0 Å². The van der Waals surface area contributed by atoms with E-state index in [4.69, 9.17) is 0 Å². The summed E-state index contributed by atoms with van der Waals surface area (Å²) in [5.41, 5.74) is -4.39. The van der Waals surface area contributed by atoms with Crippen LogP contribution in [0.25, 0.3) is 0 Å². The normalized spacial score (nSPS) is 21.1. The number of rotatable bonds is 2. The summed E-state index contributed by atoms with van der Waals surface area (Å²) in [6.07, 6.45) is -7.14. The quantitative estimate of drug-likeness (QED) is 0.734. The maximum absolute atomic E-state index is 14.3. The summed E-state index contributed by atoms with van der Waals surface area (Å²) in [4.78, 5) is 4.37. The van der Waals surface area contributed by atoms with E-state index in [1.165, 1.54) is 6.92 Å². The summed E-state index contributed by atoms with van der Waals surface area (Å²) in [5, 5.41) is 1.19. The maximum Gasteiger partial charge on any atom is 0.437 e. The molecule has 0 aliphatic carbocycles. The zero-order valence-corrected chi connectivity index (χ0v) is 12.7. The highest BCUT2D eigenvalue weighted by Gasteiger charge is 2.60. The molecule has 0 amide bonds. The van der Waals surface area contributed by atoms with Crippen molar-refractivity contribution >= 4 is 14.9 Å². The van der Waals surface area contributed by atoms with Gasteiger partial charge in [-0.3, -0.25) is 0 Å². The van der Waals surface area contributed by atoms with E-state index in [0.717, 1.165) is 13.1 Å². The average Bonchev–Trinajstić information content (AvgIpc) is 3.01. The van der Waals surface area contributed by atoms with E-state index >= 15 is 0 Å². The van der Waals surface area contributed by atoms with Crippen LogP contribution in [0.2, 0.25) is 0 Å². The van der Waals surface area contributed by atoms with Gasteiger partial charge < -0.3 is 4.84 Å². The van der Waals surface area contributed by atoms with Crippen molar-refractivity contribution in [1.82, 2.24) is 15.0 Å². The monoisotopic (exact) mass is 378 g/mol. The minimum atomic E-state index is -5.99. The lowest BCUT2D eigenvalue weighted by molar-refractivity contribution is -0.144. The molecule has 0 N–H and O–H groups in total. The van der Waals surface area contributed by atoms with Crippen molar-refractivity contribution in [3.05, 3.63) is 23.2 Å². The second-order valence-electron chi connectivity index (χ2n) is 4.48. The Morgan fingerprint density at radius 3 is 2.17 bits per heavy atom. The molecule has 2 rings (SSSR count). The van der Waals surface area contributed by atoms with E-state index in [1.54, 1.807) is 0 Å². The first-order valence-corrected chi connectivity index (χ1v) is 7.49. The molecule has 0 aromatic carbocycles. The predicted octanol–water partition coefficient (Wildman–Crippen LogP) is 1.88. The van der Waals surface area contributed by atoms with Crippen molar-refractivity contribution in [3.63, 3.8) is 0 Å². The van der Waals surface area contributed by atoms with E-state index < -0.39 is 49.6 Å². The Hall–Kier alpha value is -2.12. The van der Waals surface area contributed by atoms with E-state index in [1.807, 2.05) is 0 Å². The molecule has 1 aliphatic heterocycles. The largest absolute Gasteiger partial charge is 0.437 e. The Labute approximate surface area is 130 Å². The number of allylic oxidation sites excluding steroid dienone is 2. The molecular weight excluding hydrogens is 370 g/mol. The van der Waals surface area contributed by atoms with Gasteiger partial charge in [-0.15, -0.1) is 5.10 Å². The van der Waals surface area contributed by atoms with Crippen LogP contribution in [-0.2, 0) is 33.2 Å². The van der Waals surface area contributed by atoms with Gasteiger partial charge in [-0.25, -0.2) is 12.8 Å². The molecule has 0 saturated carbocycles. The average molecular weight is 378 g/mol. The fraction of sp³-hybridized carbons (Fsp3) is 0.500. The van der Waals surface area contributed by atoms with E-state index in [-0.39, 0.29) is 4.80 Å². The number of aromatic nitrogens is 3. The van der Waals surface area contributed by atoms with Crippen LogP contribution in [-0.4, -0.2) is 34.6 Å². The second-order valence-corrected chi connectivity index (χ2v) is 6.42. The second kappa shape index (κ2) is 5.46. The molecule has 0 bridgehead atoms. The molecule has 7 nitrogen and oxygen atoms in total. The number of halogens is 6. The zero-order chi connectivity index (χ0) is 18.5. The van der Waals surface area contributed by atoms with Crippen molar-refractivity contribution in [3.8, 4) is 0 Å². The summed E-state index contributed by atoms with van der Waals surface area (Å²) < 4.78 is 105. The minimum Gasteiger partial charge on any atom is -0.357 e. The number of hydrogen-bond acceptors (Lipinski definition) is 6. The van der Waals surface area contributed by atoms with Crippen LogP contribution < -0.4 is 0 Å². The van der Waals surface area contributed by atoms with E-state index in [9.17, 15) is 34.8 Å². The van der Waals surface area contributed by atoms with Gasteiger partial charge >= 0.3 is 11.4 Å². The summed E-state index contributed by atoms with van der Waals surface area (Å²) in [7, 11) is -5.21. The van der Waals surface area contributed by atoms with Crippen LogP contribution in [0.15, 0.2) is 17.0 Å². The SMILES string of the molecule is C/C=C1\ON=C(S(=O)(=O)C(F)(F)c2nn(C)nc2C(F)(F)F)C1F. The first kappa shape index (κ1) is 18.2. The van der Waals surface area contributed by atoms with Gasteiger partial charge in [0.2, 0.25) is 11.2 Å². The highest BCUT2D eigenvalue weighted by Crippen LogP contribution is 2.42. The summed E-state index contributed by atoms with van der Waals surface area (Å²) in [5.74, 6) is -0.681. The smallest absolute Gasteiger partial charge is 0.357 e. The summed E-state index contributed by atoms with van der Waals surface area (Å²) in [6.45, 7) is 1.22. The summed E-state index contributed by atoms with van der Waals surface area (Å²) >= 11 is 0. The Morgan fingerprint density at radius 1 is 1.17 bits per heavy atom. The number of alkyl halides is 6.